The zero-order valence-corrected chi connectivity index (χ0v) is 9.31. The van der Waals surface area contributed by atoms with Crippen LogP contribution in [0.25, 0.3) is 0 Å². The molecule has 1 heterocycles. The summed E-state index contributed by atoms with van der Waals surface area (Å²) in [5, 5.41) is 0. The molecule has 82 valence electrons. The lowest BCUT2D eigenvalue weighted by atomic mass is 10.1. The molecule has 0 radical (unpaired) electrons. The predicted octanol–water partition coefficient (Wildman–Crippen LogP) is 1.88. The molecule has 0 bridgehead atoms. The normalized spacial score (nSPS) is 25.5. The number of rotatable bonds is 2. The fourth-order valence-electron chi connectivity index (χ4n) is 2.22. The predicted molar refractivity (Wildman–Crippen MR) is 63.1 cm³/mol. The molecular weight excluding hydrogens is 188 g/mol. The van der Waals surface area contributed by atoms with Gasteiger partial charge in [0.2, 0.25) is 0 Å². The molecule has 0 aromatic heterocycles. The second kappa shape index (κ2) is 4.11. The number of benzene rings is 1. The Morgan fingerprint density at radius 1 is 1.40 bits per heavy atom. The molecule has 3 heteroatoms. The highest BCUT2D eigenvalue weighted by atomic mass is 16.5. The average Bonchev–Trinajstić information content (AvgIpc) is 2.64. The molecule has 2 atom stereocenters. The van der Waals surface area contributed by atoms with Gasteiger partial charge in [0.25, 0.3) is 0 Å². The summed E-state index contributed by atoms with van der Waals surface area (Å²) in [6.45, 7) is 2.97. The van der Waals surface area contributed by atoms with Crippen LogP contribution in [-0.4, -0.2) is 25.8 Å². The summed E-state index contributed by atoms with van der Waals surface area (Å²) >= 11 is 0. The highest BCUT2D eigenvalue weighted by Crippen LogP contribution is 2.28. The van der Waals surface area contributed by atoms with E-state index in [4.69, 9.17) is 10.5 Å². The van der Waals surface area contributed by atoms with Crippen LogP contribution in [-0.2, 0) is 4.74 Å². The number of ether oxygens (including phenoxy) is 1. The second-order valence-corrected chi connectivity index (χ2v) is 4.10. The average molecular weight is 206 g/mol. The Balaban J connectivity index is 2.20. The van der Waals surface area contributed by atoms with Crippen molar-refractivity contribution in [3.05, 3.63) is 24.3 Å². The topological polar surface area (TPSA) is 38.5 Å². The molecular formula is C12H18N2O. The third kappa shape index (κ3) is 1.92. The number of nitrogen functional groups attached to an aromatic ring is 1. The Kier molecular flexibility index (Phi) is 2.82. The molecule has 1 fully saturated rings. The first-order valence-electron chi connectivity index (χ1n) is 5.39. The zero-order valence-electron chi connectivity index (χ0n) is 9.31. The van der Waals surface area contributed by atoms with Crippen molar-refractivity contribution in [2.75, 3.05) is 24.3 Å². The van der Waals surface area contributed by atoms with Crippen molar-refractivity contribution in [1.29, 1.82) is 0 Å². The maximum absolute atomic E-state index is 5.95. The Bertz CT molecular complexity index is 340. The fraction of sp³-hybridized carbons (Fsp3) is 0.500. The van der Waals surface area contributed by atoms with Gasteiger partial charge >= 0.3 is 0 Å². The molecule has 1 saturated heterocycles. The molecule has 0 spiro atoms. The monoisotopic (exact) mass is 206 g/mol. The van der Waals surface area contributed by atoms with Crippen molar-refractivity contribution in [1.82, 2.24) is 0 Å². The van der Waals surface area contributed by atoms with E-state index >= 15 is 0 Å². The highest BCUT2D eigenvalue weighted by Gasteiger charge is 2.28. The number of hydrogen-bond donors (Lipinski definition) is 1. The molecule has 3 nitrogen and oxygen atoms in total. The number of para-hydroxylation sites is 2. The summed E-state index contributed by atoms with van der Waals surface area (Å²) in [6.07, 6.45) is 1.36. The summed E-state index contributed by atoms with van der Waals surface area (Å²) in [6, 6.07) is 8.41. The van der Waals surface area contributed by atoms with Gasteiger partial charge in [-0.25, -0.2) is 0 Å². The molecule has 15 heavy (non-hydrogen) atoms. The SMILES string of the molecule is CC1OCCC1N(C)c1ccccc1N. The van der Waals surface area contributed by atoms with Gasteiger partial charge < -0.3 is 15.4 Å². The van der Waals surface area contributed by atoms with E-state index in [1.54, 1.807) is 0 Å². The van der Waals surface area contributed by atoms with Crippen molar-refractivity contribution in [2.24, 2.45) is 0 Å². The van der Waals surface area contributed by atoms with Gasteiger partial charge in [-0.3, -0.25) is 0 Å². The van der Waals surface area contributed by atoms with E-state index in [2.05, 4.69) is 24.9 Å². The molecule has 0 amide bonds. The van der Waals surface area contributed by atoms with Crippen molar-refractivity contribution in [2.45, 2.75) is 25.5 Å². The van der Waals surface area contributed by atoms with Crippen LogP contribution in [0.1, 0.15) is 13.3 Å². The Hall–Kier alpha value is -1.22. The summed E-state index contributed by atoms with van der Waals surface area (Å²) < 4.78 is 5.57. The maximum atomic E-state index is 5.95. The zero-order chi connectivity index (χ0) is 10.8. The van der Waals surface area contributed by atoms with E-state index in [1.807, 2.05) is 18.2 Å². The third-order valence-corrected chi connectivity index (χ3v) is 3.15. The lowest BCUT2D eigenvalue weighted by molar-refractivity contribution is 0.118. The lowest BCUT2D eigenvalue weighted by Crippen LogP contribution is -2.37. The first-order valence-corrected chi connectivity index (χ1v) is 5.39. The Labute approximate surface area is 90.8 Å². The van der Waals surface area contributed by atoms with Gasteiger partial charge in [0, 0.05) is 13.7 Å². The van der Waals surface area contributed by atoms with E-state index in [9.17, 15) is 0 Å². The summed E-state index contributed by atoms with van der Waals surface area (Å²) in [4.78, 5) is 2.23. The van der Waals surface area contributed by atoms with Gasteiger partial charge in [-0.05, 0) is 25.5 Å². The Morgan fingerprint density at radius 3 is 2.73 bits per heavy atom. The second-order valence-electron chi connectivity index (χ2n) is 4.10. The van der Waals surface area contributed by atoms with Crippen molar-refractivity contribution >= 4 is 11.4 Å². The largest absolute Gasteiger partial charge is 0.397 e. The number of nitrogens with zero attached hydrogens (tertiary/aromatic N) is 1. The van der Waals surface area contributed by atoms with Crippen molar-refractivity contribution in [3.8, 4) is 0 Å². The molecule has 0 saturated carbocycles. The number of hydrogen-bond acceptors (Lipinski definition) is 3. The van der Waals surface area contributed by atoms with Crippen molar-refractivity contribution < 1.29 is 4.74 Å². The quantitative estimate of drug-likeness (QED) is 0.751. The van der Waals surface area contributed by atoms with Gasteiger partial charge in [-0.1, -0.05) is 12.1 Å². The number of likely N-dealkylation sites (N-methyl/N-ethyl adjacent to an activating group) is 1. The first-order chi connectivity index (χ1) is 7.20. The standard InChI is InChI=1S/C12H18N2O/c1-9-11(7-8-15-9)14(2)12-6-4-3-5-10(12)13/h3-6,9,11H,7-8,13H2,1-2H3. The third-order valence-electron chi connectivity index (χ3n) is 3.15. The molecule has 1 aliphatic rings. The minimum absolute atomic E-state index is 0.287. The van der Waals surface area contributed by atoms with Crippen LogP contribution in [0.15, 0.2) is 24.3 Å². The van der Waals surface area contributed by atoms with Crippen LogP contribution in [0.4, 0.5) is 11.4 Å². The number of nitrogens with two attached hydrogens (primary N) is 1. The summed E-state index contributed by atoms with van der Waals surface area (Å²) in [7, 11) is 2.08. The molecule has 2 rings (SSSR count). The molecule has 1 aliphatic heterocycles. The van der Waals surface area contributed by atoms with Crippen LogP contribution in [0, 0.1) is 0 Å². The van der Waals surface area contributed by atoms with E-state index in [0.717, 1.165) is 24.4 Å². The molecule has 1 aromatic carbocycles. The van der Waals surface area contributed by atoms with Crippen LogP contribution in [0.3, 0.4) is 0 Å². The minimum Gasteiger partial charge on any atom is -0.397 e. The summed E-state index contributed by atoms with van der Waals surface area (Å²) in [5.74, 6) is 0. The van der Waals surface area contributed by atoms with Crippen LogP contribution < -0.4 is 10.6 Å². The smallest absolute Gasteiger partial charge is 0.0750 e. The van der Waals surface area contributed by atoms with Crippen molar-refractivity contribution in [3.63, 3.8) is 0 Å². The molecule has 2 unspecified atom stereocenters. The van der Waals surface area contributed by atoms with Gasteiger partial charge in [-0.2, -0.15) is 0 Å². The van der Waals surface area contributed by atoms with Crippen LogP contribution in [0.2, 0.25) is 0 Å². The first kappa shape index (κ1) is 10.3. The lowest BCUT2D eigenvalue weighted by Gasteiger charge is -2.29. The highest BCUT2D eigenvalue weighted by molar-refractivity contribution is 5.67. The van der Waals surface area contributed by atoms with E-state index in [1.165, 1.54) is 0 Å². The molecule has 2 N–H and O–H groups in total. The maximum Gasteiger partial charge on any atom is 0.0750 e. The fourth-order valence-corrected chi connectivity index (χ4v) is 2.22. The van der Waals surface area contributed by atoms with E-state index < -0.39 is 0 Å². The van der Waals surface area contributed by atoms with Crippen LogP contribution in [0.5, 0.6) is 0 Å². The number of anilines is 2. The Morgan fingerprint density at radius 2 is 2.13 bits per heavy atom. The molecule has 0 aliphatic carbocycles. The van der Waals surface area contributed by atoms with Gasteiger partial charge in [-0.15, -0.1) is 0 Å². The molecule has 1 aromatic rings. The minimum atomic E-state index is 0.287. The van der Waals surface area contributed by atoms with Gasteiger partial charge in [0.15, 0.2) is 0 Å². The van der Waals surface area contributed by atoms with E-state index in [0.29, 0.717) is 6.04 Å². The van der Waals surface area contributed by atoms with Crippen LogP contribution >= 0.6 is 0 Å². The van der Waals surface area contributed by atoms with Gasteiger partial charge in [0.1, 0.15) is 0 Å². The summed E-state index contributed by atoms with van der Waals surface area (Å²) in [5.41, 5.74) is 7.88. The van der Waals surface area contributed by atoms with Gasteiger partial charge in [0.05, 0.1) is 23.5 Å². The van der Waals surface area contributed by atoms with E-state index in [-0.39, 0.29) is 6.10 Å².